The maximum absolute atomic E-state index is 12.5. The zero-order valence-corrected chi connectivity index (χ0v) is 28.6. The van der Waals surface area contributed by atoms with Crippen LogP contribution in [0.1, 0.15) is 168 Å². The number of carboxylic acid groups (broad SMARTS) is 1. The van der Waals surface area contributed by atoms with Crippen molar-refractivity contribution < 1.29 is 34.1 Å². The Kier molecular flexibility index (Phi) is 29.9. The fourth-order valence-corrected chi connectivity index (χ4v) is 5.18. The van der Waals surface area contributed by atoms with Crippen molar-refractivity contribution in [3.8, 4) is 0 Å². The van der Waals surface area contributed by atoms with Crippen molar-refractivity contribution in [3.63, 3.8) is 0 Å². The first-order valence-corrected chi connectivity index (χ1v) is 18.1. The molecule has 0 spiro atoms. The molecule has 0 aromatic carbocycles. The van der Waals surface area contributed by atoms with Gasteiger partial charge in [-0.25, -0.2) is 4.79 Å². The predicted octanol–water partition coefficient (Wildman–Crippen LogP) is 7.53. The summed E-state index contributed by atoms with van der Waals surface area (Å²) in [4.78, 5) is 47.1. The molecule has 0 aromatic heterocycles. The molecule has 2 unspecified atom stereocenters. The smallest absolute Gasteiger partial charge is 0.328 e. The van der Waals surface area contributed by atoms with Gasteiger partial charge in [0.15, 0.2) is 0 Å². The molecule has 2 amide bonds. The van der Waals surface area contributed by atoms with Crippen molar-refractivity contribution in [1.29, 1.82) is 0 Å². The lowest BCUT2D eigenvalue weighted by Gasteiger charge is -2.18. The van der Waals surface area contributed by atoms with Crippen LogP contribution < -0.4 is 10.6 Å². The van der Waals surface area contributed by atoms with Crippen LogP contribution in [-0.4, -0.2) is 59.3 Å². The van der Waals surface area contributed by atoms with E-state index in [9.17, 15) is 19.2 Å². The molecule has 2 atom stereocenters. The van der Waals surface area contributed by atoms with Crippen LogP contribution in [0.25, 0.3) is 0 Å². The Morgan fingerprint density at radius 2 is 1.13 bits per heavy atom. The third kappa shape index (κ3) is 28.8. The van der Waals surface area contributed by atoms with Crippen molar-refractivity contribution in [3.05, 3.63) is 12.2 Å². The summed E-state index contributed by atoms with van der Waals surface area (Å²) in [5.41, 5.74) is 0. The Hall–Kier alpha value is -2.42. The second kappa shape index (κ2) is 31.6. The Balaban J connectivity index is 4.06. The van der Waals surface area contributed by atoms with Gasteiger partial charge < -0.3 is 25.6 Å². The monoisotopic (exact) mass is 638 g/mol. The maximum atomic E-state index is 12.5. The average Bonchev–Trinajstić information content (AvgIpc) is 3.02. The number of carbonyl (C=O) groups excluding carboxylic acids is 3. The quantitative estimate of drug-likeness (QED) is 0.0339. The molecule has 0 aromatic rings. The van der Waals surface area contributed by atoms with E-state index in [-0.39, 0.29) is 30.9 Å². The SMILES string of the molecule is CCCCCCC/C=C\CCCCCCCC(=O)OC(CCCCCC)CCCCCCC(=O)NCC(=O)NC(CO)C(=O)O. The number of amides is 2. The minimum Gasteiger partial charge on any atom is -0.480 e. The highest BCUT2D eigenvalue weighted by Gasteiger charge is 2.19. The molecule has 0 aliphatic rings. The van der Waals surface area contributed by atoms with Crippen molar-refractivity contribution in [2.75, 3.05) is 13.2 Å². The number of ether oxygens (including phenoxy) is 1. The second-order valence-corrected chi connectivity index (χ2v) is 12.3. The fourth-order valence-electron chi connectivity index (χ4n) is 5.18. The number of nitrogens with one attached hydrogen (secondary N) is 2. The molecule has 9 nitrogen and oxygen atoms in total. The van der Waals surface area contributed by atoms with E-state index in [2.05, 4.69) is 36.6 Å². The summed E-state index contributed by atoms with van der Waals surface area (Å²) < 4.78 is 5.89. The minimum absolute atomic E-state index is 0.0388. The molecule has 4 N–H and O–H groups in total. The Bertz CT molecular complexity index is 787. The number of unbranched alkanes of at least 4 members (excludes halogenated alkanes) is 16. The van der Waals surface area contributed by atoms with Crippen LogP contribution in [0, 0.1) is 0 Å². The number of rotatable bonds is 32. The Morgan fingerprint density at radius 3 is 1.69 bits per heavy atom. The van der Waals surface area contributed by atoms with Crippen molar-refractivity contribution in [2.45, 2.75) is 180 Å². The number of aliphatic hydroxyl groups excluding tert-OH is 1. The van der Waals surface area contributed by atoms with Gasteiger partial charge in [0, 0.05) is 12.8 Å². The van der Waals surface area contributed by atoms with Gasteiger partial charge in [0.2, 0.25) is 11.8 Å². The van der Waals surface area contributed by atoms with Crippen LogP contribution in [0.4, 0.5) is 0 Å². The van der Waals surface area contributed by atoms with Crippen molar-refractivity contribution >= 4 is 23.8 Å². The van der Waals surface area contributed by atoms with E-state index in [0.29, 0.717) is 12.8 Å². The third-order valence-electron chi connectivity index (χ3n) is 8.01. The van der Waals surface area contributed by atoms with Gasteiger partial charge in [0.25, 0.3) is 0 Å². The number of esters is 1. The van der Waals surface area contributed by atoms with Crippen LogP contribution in [-0.2, 0) is 23.9 Å². The van der Waals surface area contributed by atoms with E-state index in [1.165, 1.54) is 70.6 Å². The molecule has 0 heterocycles. The molecule has 0 fully saturated rings. The van der Waals surface area contributed by atoms with Crippen LogP contribution in [0.5, 0.6) is 0 Å². The molecule has 0 rings (SSSR count). The number of aliphatic carboxylic acids is 1. The molecular weight excluding hydrogens is 572 g/mol. The number of hydrogen-bond donors (Lipinski definition) is 4. The van der Waals surface area contributed by atoms with Gasteiger partial charge in [-0.3, -0.25) is 14.4 Å². The largest absolute Gasteiger partial charge is 0.480 e. The number of hydrogen-bond acceptors (Lipinski definition) is 6. The molecule has 9 heteroatoms. The van der Waals surface area contributed by atoms with Gasteiger partial charge in [-0.2, -0.15) is 0 Å². The maximum Gasteiger partial charge on any atom is 0.328 e. The highest BCUT2D eigenvalue weighted by Crippen LogP contribution is 2.18. The Labute approximate surface area is 273 Å². The van der Waals surface area contributed by atoms with Crippen LogP contribution in [0.15, 0.2) is 12.2 Å². The first-order chi connectivity index (χ1) is 21.8. The molecule has 0 aliphatic carbocycles. The molecule has 0 radical (unpaired) electrons. The summed E-state index contributed by atoms with van der Waals surface area (Å²) in [5, 5.41) is 22.4. The molecular formula is C36H66N2O7. The summed E-state index contributed by atoms with van der Waals surface area (Å²) in [6.45, 7) is 3.39. The van der Waals surface area contributed by atoms with E-state index >= 15 is 0 Å². The zero-order chi connectivity index (χ0) is 33.4. The standard InChI is InChI=1S/C36H66N2O7/c1-3-5-7-9-10-11-12-13-14-15-16-17-18-24-28-35(42)45-31(25-21-8-6-4-2)26-22-19-20-23-27-33(40)37-29-34(41)38-32(30-39)36(43)44/h12-13,31-32,39H,3-11,14-30H2,1-2H3,(H,37,40)(H,38,41)(H,43,44)/b13-12-. The second-order valence-electron chi connectivity index (χ2n) is 12.3. The topological polar surface area (TPSA) is 142 Å². The lowest BCUT2D eigenvalue weighted by atomic mass is 10.0. The van der Waals surface area contributed by atoms with Crippen molar-refractivity contribution in [1.82, 2.24) is 10.6 Å². The van der Waals surface area contributed by atoms with Crippen LogP contribution >= 0.6 is 0 Å². The molecule has 0 saturated carbocycles. The molecule has 45 heavy (non-hydrogen) atoms. The lowest BCUT2D eigenvalue weighted by Crippen LogP contribution is -2.47. The van der Waals surface area contributed by atoms with Gasteiger partial charge in [-0.05, 0) is 64.2 Å². The fraction of sp³-hybridized carbons (Fsp3) is 0.833. The molecule has 0 saturated heterocycles. The van der Waals surface area contributed by atoms with Gasteiger partial charge in [0.05, 0.1) is 13.2 Å². The minimum atomic E-state index is -1.38. The van der Waals surface area contributed by atoms with E-state index < -0.39 is 24.5 Å². The predicted molar refractivity (Wildman–Crippen MR) is 181 cm³/mol. The summed E-state index contributed by atoms with van der Waals surface area (Å²) in [6, 6.07) is -1.38. The van der Waals surface area contributed by atoms with E-state index in [0.717, 1.165) is 64.2 Å². The average molecular weight is 639 g/mol. The summed E-state index contributed by atoms with van der Waals surface area (Å²) in [6.07, 6.45) is 29.7. The number of allylic oxidation sites excluding steroid dienone is 2. The Morgan fingerprint density at radius 1 is 0.644 bits per heavy atom. The molecule has 262 valence electrons. The van der Waals surface area contributed by atoms with Crippen LogP contribution in [0.2, 0.25) is 0 Å². The molecule has 0 bridgehead atoms. The first kappa shape index (κ1) is 42.6. The highest BCUT2D eigenvalue weighted by atomic mass is 16.5. The van der Waals surface area contributed by atoms with Gasteiger partial charge >= 0.3 is 11.9 Å². The first-order valence-electron chi connectivity index (χ1n) is 18.1. The lowest BCUT2D eigenvalue weighted by molar-refractivity contribution is -0.150. The summed E-state index contributed by atoms with van der Waals surface area (Å²) >= 11 is 0. The van der Waals surface area contributed by atoms with Gasteiger partial charge in [-0.15, -0.1) is 0 Å². The number of carboxylic acids is 1. The van der Waals surface area contributed by atoms with Crippen LogP contribution in [0.3, 0.4) is 0 Å². The molecule has 0 aliphatic heterocycles. The van der Waals surface area contributed by atoms with Gasteiger partial charge in [0.1, 0.15) is 12.1 Å². The summed E-state index contributed by atoms with van der Waals surface area (Å²) in [7, 11) is 0. The number of aliphatic hydroxyl groups is 1. The van der Waals surface area contributed by atoms with Gasteiger partial charge in [-0.1, -0.05) is 103 Å². The van der Waals surface area contributed by atoms with E-state index in [1.54, 1.807) is 0 Å². The zero-order valence-electron chi connectivity index (χ0n) is 28.6. The van der Waals surface area contributed by atoms with E-state index in [4.69, 9.17) is 14.9 Å². The van der Waals surface area contributed by atoms with Crippen molar-refractivity contribution in [2.24, 2.45) is 0 Å². The van der Waals surface area contributed by atoms with E-state index in [1.807, 2.05) is 0 Å². The summed E-state index contributed by atoms with van der Waals surface area (Å²) in [5.74, 6) is -2.35. The number of carbonyl (C=O) groups is 4. The highest BCUT2D eigenvalue weighted by molar-refractivity contribution is 5.87. The normalized spacial score (nSPS) is 12.6. The third-order valence-corrected chi connectivity index (χ3v) is 8.01.